The molecule has 1 aliphatic rings. The first kappa shape index (κ1) is 7.60. The number of nitrogens with zero attached hydrogens (tertiary/aromatic N) is 1. The maximum atomic E-state index is 4.80. The predicted molar refractivity (Wildman–Crippen MR) is 42.8 cm³/mol. The van der Waals surface area contributed by atoms with Crippen LogP contribution in [0.15, 0.2) is 43.2 Å². The maximum Gasteiger partial charge on any atom is 0.106 e. The van der Waals surface area contributed by atoms with Crippen molar-refractivity contribution in [2.45, 2.75) is 0 Å². The fraction of sp³-hybridized carbons (Fsp3) is 0.125. The van der Waals surface area contributed by atoms with Gasteiger partial charge in [-0.3, -0.25) is 0 Å². The van der Waals surface area contributed by atoms with Crippen LogP contribution in [0.5, 0.6) is 0 Å². The van der Waals surface area contributed by atoms with Gasteiger partial charge in [-0.05, 0) is 12.2 Å². The van der Waals surface area contributed by atoms with Gasteiger partial charge in [0.05, 0.1) is 12.6 Å². The van der Waals surface area contributed by atoms with E-state index in [1.165, 1.54) is 0 Å². The van der Waals surface area contributed by atoms with E-state index in [1.807, 2.05) is 18.2 Å². The molecule has 0 amide bonds. The van der Waals surface area contributed by atoms with Crippen molar-refractivity contribution in [2.75, 3.05) is 6.61 Å². The summed E-state index contributed by atoms with van der Waals surface area (Å²) in [6.07, 6.45) is 12.5. The van der Waals surface area contributed by atoms with Gasteiger partial charge in [-0.25, -0.2) is 4.98 Å². The van der Waals surface area contributed by atoms with Gasteiger partial charge < -0.3 is 9.72 Å². The number of H-pyrrole nitrogens is 1. The average Bonchev–Trinajstić information content (AvgIpc) is 2.64. The second-order valence-corrected chi connectivity index (χ2v) is 1.85. The molecule has 0 atom stereocenters. The van der Waals surface area contributed by atoms with Crippen LogP contribution in [0.2, 0.25) is 0 Å². The second kappa shape index (κ2) is 5.29. The number of hydrogen-bond donors (Lipinski definition) is 1. The molecule has 1 N–H and O–H groups in total. The van der Waals surface area contributed by atoms with E-state index in [-0.39, 0.29) is 0 Å². The lowest BCUT2D eigenvalue weighted by molar-refractivity contribution is 0.286. The Balaban J connectivity index is 0.000000112. The normalized spacial score (nSPS) is 13.1. The molecule has 11 heavy (non-hydrogen) atoms. The molecule has 1 aromatic rings. The third-order valence-corrected chi connectivity index (χ3v) is 1.02. The topological polar surface area (TPSA) is 37.9 Å². The van der Waals surface area contributed by atoms with Crippen LogP contribution in [0.4, 0.5) is 0 Å². The molecule has 0 aromatic carbocycles. The van der Waals surface area contributed by atoms with Gasteiger partial charge in [-0.1, -0.05) is 6.08 Å². The van der Waals surface area contributed by atoms with Crippen LogP contribution in [0.1, 0.15) is 0 Å². The Hall–Kier alpha value is -1.51. The lowest BCUT2D eigenvalue weighted by Gasteiger charge is -1.94. The number of rotatable bonds is 0. The standard InChI is InChI=1S/C5H6O.C3H4N2/c1-2-4-6-5-3-1;1-2-5-3-4-1/h1-4H,5H2;1-3H,(H,4,5). The van der Waals surface area contributed by atoms with E-state index in [2.05, 4.69) is 9.97 Å². The van der Waals surface area contributed by atoms with Crippen molar-refractivity contribution in [3.63, 3.8) is 0 Å². The quantitative estimate of drug-likeness (QED) is 0.608. The number of nitrogens with one attached hydrogen (secondary N) is 1. The summed E-state index contributed by atoms with van der Waals surface area (Å²) in [7, 11) is 0. The van der Waals surface area contributed by atoms with Gasteiger partial charge in [0.25, 0.3) is 0 Å². The monoisotopic (exact) mass is 150 g/mol. The van der Waals surface area contributed by atoms with Crippen LogP contribution in [0.25, 0.3) is 0 Å². The average molecular weight is 150 g/mol. The van der Waals surface area contributed by atoms with Crippen molar-refractivity contribution < 1.29 is 4.74 Å². The third-order valence-electron chi connectivity index (χ3n) is 1.02. The third kappa shape index (κ3) is 3.97. The molecular formula is C8H10N2O. The summed E-state index contributed by atoms with van der Waals surface area (Å²) in [4.78, 5) is 6.42. The smallest absolute Gasteiger partial charge is 0.106 e. The summed E-state index contributed by atoms with van der Waals surface area (Å²) < 4.78 is 4.80. The van der Waals surface area contributed by atoms with Crippen LogP contribution < -0.4 is 0 Å². The molecule has 0 saturated heterocycles. The number of imidazole rings is 1. The van der Waals surface area contributed by atoms with Crippen LogP contribution in [-0.2, 0) is 4.74 Å². The van der Waals surface area contributed by atoms with Crippen LogP contribution in [-0.4, -0.2) is 16.6 Å². The Morgan fingerprint density at radius 1 is 1.36 bits per heavy atom. The summed E-state index contributed by atoms with van der Waals surface area (Å²) >= 11 is 0. The van der Waals surface area contributed by atoms with Crippen LogP contribution in [0, 0.1) is 0 Å². The lowest BCUT2D eigenvalue weighted by atomic mass is 10.5. The van der Waals surface area contributed by atoms with Crippen molar-refractivity contribution in [3.8, 4) is 0 Å². The van der Waals surface area contributed by atoms with Gasteiger partial charge in [0.15, 0.2) is 0 Å². The summed E-state index contributed by atoms with van der Waals surface area (Å²) in [5.41, 5.74) is 0. The highest BCUT2D eigenvalue weighted by Crippen LogP contribution is 1.87. The largest absolute Gasteiger partial charge is 0.497 e. The fourth-order valence-electron chi connectivity index (χ4n) is 0.561. The van der Waals surface area contributed by atoms with Crippen molar-refractivity contribution >= 4 is 0 Å². The zero-order chi connectivity index (χ0) is 7.78. The Labute approximate surface area is 65.4 Å². The second-order valence-electron chi connectivity index (χ2n) is 1.85. The van der Waals surface area contributed by atoms with E-state index in [0.29, 0.717) is 0 Å². The van der Waals surface area contributed by atoms with E-state index in [9.17, 15) is 0 Å². The van der Waals surface area contributed by atoms with E-state index >= 15 is 0 Å². The number of ether oxygens (including phenoxy) is 1. The van der Waals surface area contributed by atoms with E-state index in [4.69, 9.17) is 4.74 Å². The molecule has 1 aliphatic heterocycles. The highest BCUT2D eigenvalue weighted by molar-refractivity contribution is 5.02. The Morgan fingerprint density at radius 3 is 2.55 bits per heavy atom. The highest BCUT2D eigenvalue weighted by Gasteiger charge is 1.75. The zero-order valence-electron chi connectivity index (χ0n) is 6.10. The molecule has 0 unspecified atom stereocenters. The van der Waals surface area contributed by atoms with E-state index in [0.717, 1.165) is 6.61 Å². The molecule has 58 valence electrons. The van der Waals surface area contributed by atoms with Gasteiger partial charge in [-0.2, -0.15) is 0 Å². The Bertz CT molecular complexity index is 185. The van der Waals surface area contributed by atoms with E-state index in [1.54, 1.807) is 25.0 Å². The highest BCUT2D eigenvalue weighted by atomic mass is 16.5. The summed E-state index contributed by atoms with van der Waals surface area (Å²) in [5, 5.41) is 0. The Morgan fingerprint density at radius 2 is 2.36 bits per heavy atom. The summed E-state index contributed by atoms with van der Waals surface area (Å²) in [5.74, 6) is 0. The molecule has 1 aromatic heterocycles. The van der Waals surface area contributed by atoms with Gasteiger partial charge >= 0.3 is 0 Å². The number of hydrogen-bond acceptors (Lipinski definition) is 2. The first-order valence-corrected chi connectivity index (χ1v) is 3.36. The number of aromatic amines is 1. The van der Waals surface area contributed by atoms with Crippen molar-refractivity contribution in [2.24, 2.45) is 0 Å². The zero-order valence-corrected chi connectivity index (χ0v) is 6.10. The molecule has 0 saturated carbocycles. The summed E-state index contributed by atoms with van der Waals surface area (Å²) in [6.45, 7) is 0.733. The number of aromatic nitrogens is 2. The molecule has 0 bridgehead atoms. The van der Waals surface area contributed by atoms with E-state index < -0.39 is 0 Å². The SMILES string of the molecule is C1=CCOC=C1.c1c[nH]cn1. The molecule has 2 heterocycles. The molecular weight excluding hydrogens is 140 g/mol. The molecule has 0 radical (unpaired) electrons. The molecule has 3 nitrogen and oxygen atoms in total. The Kier molecular flexibility index (Phi) is 3.65. The van der Waals surface area contributed by atoms with Crippen molar-refractivity contribution in [1.29, 1.82) is 0 Å². The van der Waals surface area contributed by atoms with Crippen molar-refractivity contribution in [3.05, 3.63) is 43.2 Å². The molecule has 0 fully saturated rings. The molecule has 0 spiro atoms. The first-order chi connectivity index (χ1) is 5.50. The van der Waals surface area contributed by atoms with Gasteiger partial charge in [0.2, 0.25) is 0 Å². The molecule has 2 rings (SSSR count). The summed E-state index contributed by atoms with van der Waals surface area (Å²) in [6, 6.07) is 0. The molecule has 0 aliphatic carbocycles. The first-order valence-electron chi connectivity index (χ1n) is 3.36. The number of allylic oxidation sites excluding steroid dienone is 2. The van der Waals surface area contributed by atoms with Gasteiger partial charge in [0, 0.05) is 12.4 Å². The minimum absolute atomic E-state index is 0.733. The van der Waals surface area contributed by atoms with Gasteiger partial charge in [0.1, 0.15) is 6.61 Å². The van der Waals surface area contributed by atoms with Crippen LogP contribution >= 0.6 is 0 Å². The van der Waals surface area contributed by atoms with Crippen LogP contribution in [0.3, 0.4) is 0 Å². The van der Waals surface area contributed by atoms with Gasteiger partial charge in [-0.15, -0.1) is 0 Å². The maximum absolute atomic E-state index is 4.80. The lowest BCUT2D eigenvalue weighted by Crippen LogP contribution is -1.82. The fourth-order valence-corrected chi connectivity index (χ4v) is 0.561. The minimum Gasteiger partial charge on any atom is -0.497 e. The predicted octanol–water partition coefficient (Wildman–Crippen LogP) is 1.50. The molecule has 3 heteroatoms. The van der Waals surface area contributed by atoms with Crippen molar-refractivity contribution in [1.82, 2.24) is 9.97 Å². The minimum atomic E-state index is 0.733.